The molecular weight excluding hydrogens is 298 g/mol. The van der Waals surface area contributed by atoms with E-state index in [1.54, 1.807) is 6.92 Å². The Balaban J connectivity index is 1.70. The topological polar surface area (TPSA) is 38.3 Å². The van der Waals surface area contributed by atoms with Gasteiger partial charge in [-0.15, -0.1) is 0 Å². The molecule has 3 rings (SSSR count). The molecule has 24 heavy (non-hydrogen) atoms. The Morgan fingerprint density at radius 2 is 1.58 bits per heavy atom. The van der Waals surface area contributed by atoms with Crippen molar-refractivity contribution in [1.82, 2.24) is 0 Å². The van der Waals surface area contributed by atoms with E-state index in [2.05, 4.69) is 11.4 Å². The van der Waals surface area contributed by atoms with Gasteiger partial charge in [-0.25, -0.2) is 0 Å². The summed E-state index contributed by atoms with van der Waals surface area (Å²) in [5.41, 5.74) is 3.01. The summed E-state index contributed by atoms with van der Waals surface area (Å²) in [6, 6.07) is 19.9. The van der Waals surface area contributed by atoms with Crippen molar-refractivity contribution in [3.8, 4) is 5.75 Å². The van der Waals surface area contributed by atoms with E-state index in [-0.39, 0.29) is 5.91 Å². The third-order valence-electron chi connectivity index (χ3n) is 3.89. The van der Waals surface area contributed by atoms with Crippen LogP contribution >= 0.6 is 0 Å². The summed E-state index contributed by atoms with van der Waals surface area (Å²) in [7, 11) is 0. The average Bonchev–Trinajstić information content (AvgIpc) is 2.53. The summed E-state index contributed by atoms with van der Waals surface area (Å²) in [6.45, 7) is 5.79. The first-order valence-corrected chi connectivity index (χ1v) is 8.06. The maximum Gasteiger partial charge on any atom is 0.265 e. The summed E-state index contributed by atoms with van der Waals surface area (Å²) < 4.78 is 5.79. The van der Waals surface area contributed by atoms with Crippen molar-refractivity contribution >= 4 is 22.4 Å². The maximum atomic E-state index is 12.4. The minimum absolute atomic E-state index is 0.163. The molecule has 3 nitrogen and oxygen atoms in total. The number of rotatable bonds is 4. The zero-order valence-corrected chi connectivity index (χ0v) is 14.2. The van der Waals surface area contributed by atoms with Crippen LogP contribution in [0.25, 0.3) is 10.8 Å². The van der Waals surface area contributed by atoms with Gasteiger partial charge >= 0.3 is 0 Å². The molecule has 3 heteroatoms. The van der Waals surface area contributed by atoms with Crippen LogP contribution in [0.15, 0.2) is 60.7 Å². The molecule has 0 saturated carbocycles. The van der Waals surface area contributed by atoms with E-state index in [0.29, 0.717) is 5.75 Å². The average molecular weight is 319 g/mol. The van der Waals surface area contributed by atoms with Crippen LogP contribution < -0.4 is 10.1 Å². The first kappa shape index (κ1) is 16.1. The van der Waals surface area contributed by atoms with Crippen molar-refractivity contribution in [3.05, 3.63) is 71.8 Å². The van der Waals surface area contributed by atoms with E-state index in [1.165, 1.54) is 0 Å². The van der Waals surface area contributed by atoms with Crippen LogP contribution in [0.2, 0.25) is 0 Å². The Labute approximate surface area is 142 Å². The number of hydrogen-bond donors (Lipinski definition) is 1. The quantitative estimate of drug-likeness (QED) is 0.745. The lowest BCUT2D eigenvalue weighted by Crippen LogP contribution is -2.30. The highest BCUT2D eigenvalue weighted by molar-refractivity contribution is 5.96. The van der Waals surface area contributed by atoms with Gasteiger partial charge in [0, 0.05) is 5.69 Å². The lowest BCUT2D eigenvalue weighted by molar-refractivity contribution is -0.122. The lowest BCUT2D eigenvalue weighted by atomic mass is 10.1. The second-order valence-corrected chi connectivity index (χ2v) is 6.13. The van der Waals surface area contributed by atoms with Gasteiger partial charge in [0.05, 0.1) is 0 Å². The fourth-order valence-corrected chi connectivity index (χ4v) is 2.77. The summed E-state index contributed by atoms with van der Waals surface area (Å²) in [6.07, 6.45) is -0.572. The van der Waals surface area contributed by atoms with E-state index in [9.17, 15) is 4.79 Å². The molecule has 0 unspecified atom stereocenters. The molecule has 1 atom stereocenters. The predicted octanol–water partition coefficient (Wildman–Crippen LogP) is 4.86. The molecular formula is C21H21NO2. The van der Waals surface area contributed by atoms with Gasteiger partial charge in [0.25, 0.3) is 5.91 Å². The number of carbonyl (C=O) groups excluding carboxylic acids is 1. The molecule has 0 aromatic heterocycles. The van der Waals surface area contributed by atoms with Gasteiger partial charge in [0.1, 0.15) is 5.75 Å². The van der Waals surface area contributed by atoms with Gasteiger partial charge in [0.2, 0.25) is 0 Å². The van der Waals surface area contributed by atoms with Crippen molar-refractivity contribution in [2.75, 3.05) is 5.32 Å². The van der Waals surface area contributed by atoms with Gasteiger partial charge < -0.3 is 10.1 Å². The fourth-order valence-electron chi connectivity index (χ4n) is 2.77. The first-order chi connectivity index (χ1) is 11.5. The first-order valence-electron chi connectivity index (χ1n) is 8.06. The molecule has 1 amide bonds. The Hall–Kier alpha value is -2.81. The Morgan fingerprint density at radius 3 is 2.29 bits per heavy atom. The molecule has 0 aliphatic rings. The van der Waals surface area contributed by atoms with Gasteiger partial charge in [0.15, 0.2) is 6.10 Å². The molecule has 0 spiro atoms. The third-order valence-corrected chi connectivity index (χ3v) is 3.89. The fraction of sp³-hybridized carbons (Fsp3) is 0.190. The molecule has 0 saturated heterocycles. The summed E-state index contributed by atoms with van der Waals surface area (Å²) in [5, 5.41) is 5.16. The largest absolute Gasteiger partial charge is 0.481 e. The van der Waals surface area contributed by atoms with Gasteiger partial charge in [-0.05, 0) is 66.9 Å². The van der Waals surface area contributed by atoms with Crippen LogP contribution in [0.3, 0.4) is 0 Å². The van der Waals surface area contributed by atoms with E-state index in [1.807, 2.05) is 68.4 Å². The van der Waals surface area contributed by atoms with Crippen molar-refractivity contribution < 1.29 is 9.53 Å². The van der Waals surface area contributed by atoms with Crippen molar-refractivity contribution in [3.63, 3.8) is 0 Å². The van der Waals surface area contributed by atoms with E-state index >= 15 is 0 Å². The second-order valence-electron chi connectivity index (χ2n) is 6.13. The molecule has 0 bridgehead atoms. The van der Waals surface area contributed by atoms with E-state index in [0.717, 1.165) is 27.6 Å². The number of benzene rings is 3. The normalized spacial score (nSPS) is 12.0. The smallest absolute Gasteiger partial charge is 0.265 e. The number of aryl methyl sites for hydroxylation is 2. The van der Waals surface area contributed by atoms with Gasteiger partial charge in [-0.2, -0.15) is 0 Å². The summed E-state index contributed by atoms with van der Waals surface area (Å²) >= 11 is 0. The molecule has 3 aromatic rings. The number of nitrogens with one attached hydrogen (secondary N) is 1. The van der Waals surface area contributed by atoms with Crippen LogP contribution in [0.5, 0.6) is 5.75 Å². The molecule has 0 radical (unpaired) electrons. The standard InChI is InChI=1S/C21H21NO2/c1-14-10-15(2)12-20(11-14)24-16(3)21(23)22-19-9-8-17-6-4-5-7-18(17)13-19/h4-13,16H,1-3H3,(H,22,23)/t16-/m0/s1. The van der Waals surface area contributed by atoms with Gasteiger partial charge in [-0.1, -0.05) is 36.4 Å². The van der Waals surface area contributed by atoms with Crippen LogP contribution in [-0.2, 0) is 4.79 Å². The number of hydrogen-bond acceptors (Lipinski definition) is 2. The van der Waals surface area contributed by atoms with Crippen LogP contribution in [0, 0.1) is 13.8 Å². The number of carbonyl (C=O) groups is 1. The zero-order valence-electron chi connectivity index (χ0n) is 14.2. The predicted molar refractivity (Wildman–Crippen MR) is 98.6 cm³/mol. The van der Waals surface area contributed by atoms with Crippen molar-refractivity contribution in [2.45, 2.75) is 26.9 Å². The van der Waals surface area contributed by atoms with Crippen LogP contribution in [-0.4, -0.2) is 12.0 Å². The Kier molecular flexibility index (Phi) is 4.52. The minimum Gasteiger partial charge on any atom is -0.481 e. The number of ether oxygens (including phenoxy) is 1. The third kappa shape index (κ3) is 3.74. The molecule has 1 N–H and O–H groups in total. The highest BCUT2D eigenvalue weighted by Gasteiger charge is 2.15. The zero-order chi connectivity index (χ0) is 17.1. The molecule has 0 heterocycles. The summed E-state index contributed by atoms with van der Waals surface area (Å²) in [5.74, 6) is 0.554. The minimum atomic E-state index is -0.572. The molecule has 0 aliphatic carbocycles. The highest BCUT2D eigenvalue weighted by Crippen LogP contribution is 2.20. The lowest BCUT2D eigenvalue weighted by Gasteiger charge is -2.16. The van der Waals surface area contributed by atoms with Crippen LogP contribution in [0.4, 0.5) is 5.69 Å². The van der Waals surface area contributed by atoms with Crippen LogP contribution in [0.1, 0.15) is 18.1 Å². The molecule has 122 valence electrons. The number of anilines is 1. The number of amides is 1. The maximum absolute atomic E-state index is 12.4. The second kappa shape index (κ2) is 6.75. The Morgan fingerprint density at radius 1 is 0.917 bits per heavy atom. The monoisotopic (exact) mass is 319 g/mol. The van der Waals surface area contributed by atoms with Gasteiger partial charge in [-0.3, -0.25) is 4.79 Å². The SMILES string of the molecule is Cc1cc(C)cc(O[C@@H](C)C(=O)Nc2ccc3ccccc3c2)c1. The molecule has 3 aromatic carbocycles. The van der Waals surface area contributed by atoms with E-state index < -0.39 is 6.10 Å². The summed E-state index contributed by atoms with van der Waals surface area (Å²) in [4.78, 5) is 12.4. The highest BCUT2D eigenvalue weighted by atomic mass is 16.5. The van der Waals surface area contributed by atoms with Crippen molar-refractivity contribution in [2.24, 2.45) is 0 Å². The van der Waals surface area contributed by atoms with E-state index in [4.69, 9.17) is 4.74 Å². The molecule has 0 fully saturated rings. The number of fused-ring (bicyclic) bond motifs is 1. The van der Waals surface area contributed by atoms with Crippen molar-refractivity contribution in [1.29, 1.82) is 0 Å². The molecule has 0 aliphatic heterocycles. The Bertz CT molecular complexity index is 866.